The Hall–Kier alpha value is -0.810. The SMILES string of the molecule is CON1CCC[C@@H](NC(=O)OC(C)(C)C)C1. The first kappa shape index (κ1) is 13.3. The van der Waals surface area contributed by atoms with Gasteiger partial charge in [0.15, 0.2) is 0 Å². The molecule has 0 spiro atoms. The van der Waals surface area contributed by atoms with Crippen LogP contribution >= 0.6 is 0 Å². The summed E-state index contributed by atoms with van der Waals surface area (Å²) >= 11 is 0. The molecule has 1 aliphatic rings. The fraction of sp³-hybridized carbons (Fsp3) is 0.909. The number of hydroxylamine groups is 2. The van der Waals surface area contributed by atoms with Crippen LogP contribution in [0.4, 0.5) is 4.79 Å². The van der Waals surface area contributed by atoms with Gasteiger partial charge in [0.05, 0.1) is 7.11 Å². The minimum atomic E-state index is -0.445. The van der Waals surface area contributed by atoms with Crippen LogP contribution in [0.25, 0.3) is 0 Å². The number of rotatable bonds is 2. The molecule has 0 unspecified atom stereocenters. The van der Waals surface area contributed by atoms with Crippen LogP contribution in [0.15, 0.2) is 0 Å². The second-order valence-corrected chi connectivity index (χ2v) is 5.06. The van der Waals surface area contributed by atoms with Crippen LogP contribution in [0.2, 0.25) is 0 Å². The molecule has 1 aliphatic heterocycles. The molecule has 94 valence electrons. The first-order valence-electron chi connectivity index (χ1n) is 5.69. The number of hydrogen-bond acceptors (Lipinski definition) is 4. The van der Waals surface area contributed by atoms with Crippen LogP contribution in [0, 0.1) is 0 Å². The molecule has 1 fully saturated rings. The zero-order valence-corrected chi connectivity index (χ0v) is 10.6. The summed E-state index contributed by atoms with van der Waals surface area (Å²) in [5.41, 5.74) is -0.445. The number of carbonyl (C=O) groups is 1. The summed E-state index contributed by atoms with van der Waals surface area (Å²) in [4.78, 5) is 16.7. The first-order chi connectivity index (χ1) is 7.40. The zero-order chi connectivity index (χ0) is 12.2. The molecule has 1 N–H and O–H groups in total. The van der Waals surface area contributed by atoms with Crippen molar-refractivity contribution in [3.05, 3.63) is 0 Å². The number of hydrogen-bond donors (Lipinski definition) is 1. The van der Waals surface area contributed by atoms with E-state index in [4.69, 9.17) is 9.57 Å². The predicted molar refractivity (Wildman–Crippen MR) is 61.0 cm³/mol. The third-order valence-corrected chi connectivity index (χ3v) is 2.36. The Morgan fingerprint density at radius 2 is 2.12 bits per heavy atom. The lowest BCUT2D eigenvalue weighted by Gasteiger charge is -2.31. The number of piperidine rings is 1. The van der Waals surface area contributed by atoms with E-state index in [1.807, 2.05) is 25.8 Å². The summed E-state index contributed by atoms with van der Waals surface area (Å²) in [7, 11) is 1.65. The molecule has 1 heterocycles. The highest BCUT2D eigenvalue weighted by Gasteiger charge is 2.23. The average Bonchev–Trinajstić information content (AvgIpc) is 2.15. The van der Waals surface area contributed by atoms with Crippen molar-refractivity contribution in [1.29, 1.82) is 0 Å². The lowest BCUT2D eigenvalue weighted by atomic mass is 10.1. The second kappa shape index (κ2) is 5.50. The van der Waals surface area contributed by atoms with E-state index >= 15 is 0 Å². The summed E-state index contributed by atoms with van der Waals surface area (Å²) in [5, 5.41) is 4.71. The molecular formula is C11H22N2O3. The third kappa shape index (κ3) is 4.81. The van der Waals surface area contributed by atoms with Crippen molar-refractivity contribution in [3.63, 3.8) is 0 Å². The van der Waals surface area contributed by atoms with Crippen molar-refractivity contribution in [1.82, 2.24) is 10.4 Å². The normalized spacial score (nSPS) is 22.9. The van der Waals surface area contributed by atoms with Gasteiger partial charge in [-0.05, 0) is 33.6 Å². The molecule has 0 saturated carbocycles. The topological polar surface area (TPSA) is 50.8 Å². The highest BCUT2D eigenvalue weighted by atomic mass is 16.7. The molecule has 1 rings (SSSR count). The van der Waals surface area contributed by atoms with Gasteiger partial charge in [-0.15, -0.1) is 0 Å². The van der Waals surface area contributed by atoms with Crippen molar-refractivity contribution >= 4 is 6.09 Å². The Balaban J connectivity index is 2.33. The van der Waals surface area contributed by atoms with Gasteiger partial charge in [0.1, 0.15) is 5.60 Å². The highest BCUT2D eigenvalue weighted by molar-refractivity contribution is 5.68. The molecule has 1 amide bonds. The van der Waals surface area contributed by atoms with Crippen LogP contribution in [-0.4, -0.2) is 43.0 Å². The monoisotopic (exact) mass is 230 g/mol. The van der Waals surface area contributed by atoms with E-state index in [9.17, 15) is 4.79 Å². The fourth-order valence-electron chi connectivity index (χ4n) is 1.70. The van der Waals surface area contributed by atoms with Gasteiger partial charge in [-0.2, -0.15) is 5.06 Å². The predicted octanol–water partition coefficient (Wildman–Crippen LogP) is 1.54. The molecule has 0 aliphatic carbocycles. The van der Waals surface area contributed by atoms with Crippen molar-refractivity contribution in [2.45, 2.75) is 45.3 Å². The molecular weight excluding hydrogens is 208 g/mol. The summed E-state index contributed by atoms with van der Waals surface area (Å²) in [6, 6.07) is 0.114. The molecule has 1 atom stereocenters. The van der Waals surface area contributed by atoms with Crippen LogP contribution in [0.1, 0.15) is 33.6 Å². The smallest absolute Gasteiger partial charge is 0.407 e. The average molecular weight is 230 g/mol. The quantitative estimate of drug-likeness (QED) is 0.781. The summed E-state index contributed by atoms with van der Waals surface area (Å²) in [6.07, 6.45) is 1.64. The van der Waals surface area contributed by atoms with Crippen molar-refractivity contribution in [2.75, 3.05) is 20.2 Å². The molecule has 5 nitrogen and oxygen atoms in total. The number of amides is 1. The number of carbonyl (C=O) groups excluding carboxylic acids is 1. The number of alkyl carbamates (subject to hydrolysis) is 1. The summed E-state index contributed by atoms with van der Waals surface area (Å²) < 4.78 is 5.20. The van der Waals surface area contributed by atoms with Gasteiger partial charge in [0.25, 0.3) is 0 Å². The maximum atomic E-state index is 11.5. The number of ether oxygens (including phenoxy) is 1. The highest BCUT2D eigenvalue weighted by Crippen LogP contribution is 2.11. The van der Waals surface area contributed by atoms with E-state index in [1.165, 1.54) is 0 Å². The Morgan fingerprint density at radius 3 is 2.69 bits per heavy atom. The Kier molecular flexibility index (Phi) is 4.56. The molecule has 0 aromatic heterocycles. The summed E-state index contributed by atoms with van der Waals surface area (Å²) in [5.74, 6) is 0. The third-order valence-electron chi connectivity index (χ3n) is 2.36. The molecule has 16 heavy (non-hydrogen) atoms. The van der Waals surface area contributed by atoms with E-state index in [1.54, 1.807) is 7.11 Å². The number of nitrogens with one attached hydrogen (secondary N) is 1. The van der Waals surface area contributed by atoms with Gasteiger partial charge >= 0.3 is 6.09 Å². The standard InChI is InChI=1S/C11H22N2O3/c1-11(2,3)16-10(14)12-9-6-5-7-13(8-9)15-4/h9H,5-8H2,1-4H3,(H,12,14)/t9-/m1/s1. The Labute approximate surface area is 97.0 Å². The van der Waals surface area contributed by atoms with E-state index in [2.05, 4.69) is 5.32 Å². The van der Waals surface area contributed by atoms with E-state index in [0.29, 0.717) is 0 Å². The lowest BCUT2D eigenvalue weighted by Crippen LogP contribution is -2.48. The van der Waals surface area contributed by atoms with Gasteiger partial charge in [0.2, 0.25) is 0 Å². The van der Waals surface area contributed by atoms with Gasteiger partial charge in [-0.3, -0.25) is 0 Å². The molecule has 0 aromatic carbocycles. The van der Waals surface area contributed by atoms with Crippen LogP contribution in [-0.2, 0) is 9.57 Å². The van der Waals surface area contributed by atoms with Crippen molar-refractivity contribution < 1.29 is 14.4 Å². The van der Waals surface area contributed by atoms with Gasteiger partial charge in [-0.25, -0.2) is 4.79 Å². The molecule has 0 bridgehead atoms. The lowest BCUT2D eigenvalue weighted by molar-refractivity contribution is -0.146. The van der Waals surface area contributed by atoms with Gasteiger partial charge < -0.3 is 14.9 Å². The van der Waals surface area contributed by atoms with Crippen LogP contribution in [0.3, 0.4) is 0 Å². The maximum Gasteiger partial charge on any atom is 0.407 e. The van der Waals surface area contributed by atoms with E-state index < -0.39 is 5.60 Å². The van der Waals surface area contributed by atoms with Gasteiger partial charge in [-0.1, -0.05) is 0 Å². The van der Waals surface area contributed by atoms with Crippen molar-refractivity contribution in [2.24, 2.45) is 0 Å². The minimum Gasteiger partial charge on any atom is -0.444 e. The molecule has 0 radical (unpaired) electrons. The van der Waals surface area contributed by atoms with E-state index in [-0.39, 0.29) is 12.1 Å². The van der Waals surface area contributed by atoms with Crippen LogP contribution in [0.5, 0.6) is 0 Å². The first-order valence-corrected chi connectivity index (χ1v) is 5.69. The minimum absolute atomic E-state index is 0.114. The second-order valence-electron chi connectivity index (χ2n) is 5.06. The molecule has 0 aromatic rings. The largest absolute Gasteiger partial charge is 0.444 e. The zero-order valence-electron chi connectivity index (χ0n) is 10.6. The fourth-order valence-corrected chi connectivity index (χ4v) is 1.70. The maximum absolute atomic E-state index is 11.5. The van der Waals surface area contributed by atoms with E-state index in [0.717, 1.165) is 25.9 Å². The van der Waals surface area contributed by atoms with Crippen LogP contribution < -0.4 is 5.32 Å². The molecule has 1 saturated heterocycles. The Bertz CT molecular complexity index is 238. The number of nitrogens with zero attached hydrogens (tertiary/aromatic N) is 1. The molecule has 5 heteroatoms. The Morgan fingerprint density at radius 1 is 1.44 bits per heavy atom. The van der Waals surface area contributed by atoms with Gasteiger partial charge in [0, 0.05) is 19.1 Å². The van der Waals surface area contributed by atoms with Crippen molar-refractivity contribution in [3.8, 4) is 0 Å². The summed E-state index contributed by atoms with van der Waals surface area (Å²) in [6.45, 7) is 7.21.